The third-order valence-electron chi connectivity index (χ3n) is 2.30. The molecule has 0 saturated heterocycles. The summed E-state index contributed by atoms with van der Waals surface area (Å²) in [6.07, 6.45) is 1.72. The molecular formula is C10H13N3O. The number of hydrogen-bond acceptors (Lipinski definition) is 2. The van der Waals surface area contributed by atoms with Gasteiger partial charge in [-0.2, -0.15) is 5.10 Å². The predicted octanol–water partition coefficient (Wildman–Crippen LogP) is 1.39. The van der Waals surface area contributed by atoms with Crippen molar-refractivity contribution in [3.05, 3.63) is 34.5 Å². The zero-order valence-electron chi connectivity index (χ0n) is 8.56. The number of fused-ring (bicyclic) bond motifs is 1. The second kappa shape index (κ2) is 2.97. The van der Waals surface area contributed by atoms with Crippen LogP contribution in [0, 0.1) is 6.92 Å². The van der Waals surface area contributed by atoms with Gasteiger partial charge in [-0.3, -0.25) is 4.40 Å². The van der Waals surface area contributed by atoms with Gasteiger partial charge >= 0.3 is 5.69 Å². The van der Waals surface area contributed by atoms with Crippen LogP contribution in [0.15, 0.2) is 23.1 Å². The van der Waals surface area contributed by atoms with Crippen molar-refractivity contribution in [2.45, 2.75) is 26.8 Å². The van der Waals surface area contributed by atoms with Crippen LogP contribution in [0.4, 0.5) is 0 Å². The molecule has 0 aliphatic heterocycles. The summed E-state index contributed by atoms with van der Waals surface area (Å²) in [6, 6.07) is 3.91. The smallest absolute Gasteiger partial charge is 0.264 e. The maximum absolute atomic E-state index is 11.9. The molecular weight excluding hydrogens is 178 g/mol. The number of hydrogen-bond donors (Lipinski definition) is 0. The Kier molecular flexibility index (Phi) is 1.91. The summed E-state index contributed by atoms with van der Waals surface area (Å²) in [5.41, 5.74) is 1.73. The third kappa shape index (κ3) is 1.14. The number of aryl methyl sites for hydroxylation is 1. The lowest BCUT2D eigenvalue weighted by molar-refractivity contribution is 0.484. The summed E-state index contributed by atoms with van der Waals surface area (Å²) in [5.74, 6) is 0. The van der Waals surface area contributed by atoms with Gasteiger partial charge in [0.25, 0.3) is 0 Å². The van der Waals surface area contributed by atoms with Crippen LogP contribution in [0.5, 0.6) is 0 Å². The van der Waals surface area contributed by atoms with Gasteiger partial charge in [0.05, 0.1) is 17.8 Å². The molecule has 4 heteroatoms. The van der Waals surface area contributed by atoms with Crippen molar-refractivity contribution in [3.63, 3.8) is 0 Å². The van der Waals surface area contributed by atoms with E-state index in [2.05, 4.69) is 5.10 Å². The van der Waals surface area contributed by atoms with Gasteiger partial charge in [-0.15, -0.1) is 0 Å². The lowest BCUT2D eigenvalue weighted by Crippen LogP contribution is -2.30. The third-order valence-corrected chi connectivity index (χ3v) is 2.30. The van der Waals surface area contributed by atoms with Gasteiger partial charge in [0.2, 0.25) is 0 Å². The van der Waals surface area contributed by atoms with Gasteiger partial charge in [0.15, 0.2) is 0 Å². The van der Waals surface area contributed by atoms with Gasteiger partial charge < -0.3 is 0 Å². The molecule has 2 aromatic heterocycles. The molecule has 0 amide bonds. The molecule has 0 spiro atoms. The molecule has 0 aliphatic carbocycles. The molecule has 0 bridgehead atoms. The Balaban J connectivity index is 2.86. The van der Waals surface area contributed by atoms with Gasteiger partial charge in [-0.1, -0.05) is 0 Å². The fourth-order valence-electron chi connectivity index (χ4n) is 1.55. The molecule has 2 aromatic rings. The van der Waals surface area contributed by atoms with Crippen molar-refractivity contribution in [1.82, 2.24) is 14.2 Å². The monoisotopic (exact) mass is 191 g/mol. The van der Waals surface area contributed by atoms with Crippen molar-refractivity contribution >= 4 is 5.52 Å². The first-order valence-electron chi connectivity index (χ1n) is 4.67. The zero-order valence-corrected chi connectivity index (χ0v) is 8.56. The van der Waals surface area contributed by atoms with Crippen LogP contribution in [0.1, 0.15) is 25.6 Å². The van der Waals surface area contributed by atoms with Gasteiger partial charge in [-0.05, 0) is 32.9 Å². The molecule has 0 aromatic carbocycles. The summed E-state index contributed by atoms with van der Waals surface area (Å²) in [4.78, 5) is 11.9. The highest BCUT2D eigenvalue weighted by molar-refractivity contribution is 5.46. The van der Waals surface area contributed by atoms with Crippen LogP contribution in [0.2, 0.25) is 0 Å². The number of rotatable bonds is 1. The standard InChI is InChI=1S/C10H13N3O/c1-7(2)13-10(14)12-8(3)4-5-9(12)6-11-13/h4-7H,1-3H3. The van der Waals surface area contributed by atoms with Crippen LogP contribution in [-0.2, 0) is 0 Å². The topological polar surface area (TPSA) is 39.3 Å². The van der Waals surface area contributed by atoms with E-state index in [-0.39, 0.29) is 11.7 Å². The number of aromatic nitrogens is 3. The quantitative estimate of drug-likeness (QED) is 0.683. The van der Waals surface area contributed by atoms with Gasteiger partial charge in [0, 0.05) is 5.69 Å². The molecule has 2 heterocycles. The van der Waals surface area contributed by atoms with E-state index in [1.165, 1.54) is 4.68 Å². The highest BCUT2D eigenvalue weighted by atomic mass is 16.2. The SMILES string of the molecule is Cc1ccc2cnn(C(C)C)c(=O)n12. The van der Waals surface area contributed by atoms with Crippen molar-refractivity contribution in [2.75, 3.05) is 0 Å². The van der Waals surface area contributed by atoms with E-state index in [0.29, 0.717) is 0 Å². The first-order chi connectivity index (χ1) is 6.61. The fraction of sp³-hybridized carbons (Fsp3) is 0.400. The van der Waals surface area contributed by atoms with Crippen LogP contribution in [0.25, 0.3) is 5.52 Å². The predicted molar refractivity (Wildman–Crippen MR) is 54.6 cm³/mol. The minimum Gasteiger partial charge on any atom is -0.264 e. The van der Waals surface area contributed by atoms with E-state index < -0.39 is 0 Å². The molecule has 2 rings (SSSR count). The van der Waals surface area contributed by atoms with Crippen LogP contribution in [-0.4, -0.2) is 14.2 Å². The maximum atomic E-state index is 11.9. The Morgan fingerprint density at radius 3 is 2.71 bits per heavy atom. The minimum atomic E-state index is -0.0694. The Labute approximate surface area is 81.8 Å². The van der Waals surface area contributed by atoms with E-state index in [1.807, 2.05) is 32.9 Å². The molecule has 74 valence electrons. The number of nitrogens with zero attached hydrogens (tertiary/aromatic N) is 3. The summed E-state index contributed by atoms with van der Waals surface area (Å²) in [6.45, 7) is 5.80. The Morgan fingerprint density at radius 1 is 1.36 bits per heavy atom. The summed E-state index contributed by atoms with van der Waals surface area (Å²) < 4.78 is 3.16. The highest BCUT2D eigenvalue weighted by Gasteiger charge is 2.07. The lowest BCUT2D eigenvalue weighted by Gasteiger charge is -2.08. The van der Waals surface area contributed by atoms with Crippen LogP contribution in [0.3, 0.4) is 0 Å². The van der Waals surface area contributed by atoms with E-state index in [9.17, 15) is 4.79 Å². The molecule has 14 heavy (non-hydrogen) atoms. The van der Waals surface area contributed by atoms with Crippen molar-refractivity contribution in [1.29, 1.82) is 0 Å². The zero-order chi connectivity index (χ0) is 10.3. The van der Waals surface area contributed by atoms with Crippen molar-refractivity contribution in [2.24, 2.45) is 0 Å². The minimum absolute atomic E-state index is 0.0694. The normalized spacial score (nSPS) is 11.4. The molecule has 0 atom stereocenters. The van der Waals surface area contributed by atoms with E-state index in [0.717, 1.165) is 11.2 Å². The molecule has 0 aliphatic rings. The van der Waals surface area contributed by atoms with Crippen molar-refractivity contribution in [3.8, 4) is 0 Å². The van der Waals surface area contributed by atoms with Crippen LogP contribution < -0.4 is 5.69 Å². The average molecular weight is 191 g/mol. The average Bonchev–Trinajstić information content (AvgIpc) is 2.48. The lowest BCUT2D eigenvalue weighted by atomic mass is 10.4. The van der Waals surface area contributed by atoms with Gasteiger partial charge in [-0.25, -0.2) is 9.48 Å². The second-order valence-corrected chi connectivity index (χ2v) is 3.70. The molecule has 0 unspecified atom stereocenters. The Hall–Kier alpha value is -1.58. The first-order valence-corrected chi connectivity index (χ1v) is 4.67. The molecule has 0 radical (unpaired) electrons. The van der Waals surface area contributed by atoms with E-state index in [1.54, 1.807) is 10.6 Å². The summed E-state index contributed by atoms with van der Waals surface area (Å²) in [7, 11) is 0. The maximum Gasteiger partial charge on any atom is 0.349 e. The highest BCUT2D eigenvalue weighted by Crippen LogP contribution is 2.05. The van der Waals surface area contributed by atoms with E-state index in [4.69, 9.17) is 0 Å². The Bertz CT molecular complexity index is 522. The largest absolute Gasteiger partial charge is 0.349 e. The summed E-state index contributed by atoms with van der Waals surface area (Å²) >= 11 is 0. The first kappa shape index (κ1) is 8.99. The van der Waals surface area contributed by atoms with Crippen molar-refractivity contribution < 1.29 is 0 Å². The molecule has 0 fully saturated rings. The molecule has 0 saturated carbocycles. The van der Waals surface area contributed by atoms with E-state index >= 15 is 0 Å². The fourth-order valence-corrected chi connectivity index (χ4v) is 1.55. The van der Waals surface area contributed by atoms with Gasteiger partial charge in [0.1, 0.15) is 0 Å². The molecule has 4 nitrogen and oxygen atoms in total. The second-order valence-electron chi connectivity index (χ2n) is 3.70. The van der Waals surface area contributed by atoms with Crippen LogP contribution >= 0.6 is 0 Å². The Morgan fingerprint density at radius 2 is 2.07 bits per heavy atom. The summed E-state index contributed by atoms with van der Waals surface area (Å²) in [5, 5.41) is 4.10. The molecule has 0 N–H and O–H groups in total.